The minimum absolute atomic E-state index is 0.0420. The number of halogens is 3. The lowest BCUT2D eigenvalue weighted by atomic mass is 10.2. The lowest BCUT2D eigenvalue weighted by Crippen LogP contribution is -2.34. The first-order valence-electron chi connectivity index (χ1n) is 5.54. The molecule has 0 fully saturated rings. The topological polar surface area (TPSA) is 72.2 Å². The van der Waals surface area contributed by atoms with Crippen LogP contribution in [-0.2, 0) is 11.0 Å². The molecular weight excluding hydrogens is 277 g/mol. The molecule has 106 valence electrons. The summed E-state index contributed by atoms with van der Waals surface area (Å²) in [6.07, 6.45) is -4.94. The van der Waals surface area contributed by atoms with E-state index in [4.69, 9.17) is 5.11 Å². The van der Waals surface area contributed by atoms with Crippen LogP contribution in [0.1, 0.15) is 18.7 Å². The number of carboxylic acids is 1. The van der Waals surface area contributed by atoms with Crippen molar-refractivity contribution in [1.29, 1.82) is 0 Å². The maximum atomic E-state index is 12.8. The fraction of sp³-hybridized carbons (Fsp3) is 0.250. The van der Waals surface area contributed by atoms with Gasteiger partial charge >= 0.3 is 12.1 Å². The number of benzene rings is 1. The summed E-state index contributed by atoms with van der Waals surface area (Å²) in [6, 6.07) is 4.15. The zero-order chi connectivity index (χ0) is 15.1. The molecule has 1 aromatic carbocycles. The largest absolute Gasteiger partial charge is 0.480 e. The van der Waals surface area contributed by atoms with Gasteiger partial charge in [-0.15, -0.1) is 0 Å². The Kier molecular flexibility index (Phi) is 3.24. The second-order valence-corrected chi connectivity index (χ2v) is 4.14. The number of nitrogens with zero attached hydrogens (tertiary/aromatic N) is 2. The Morgan fingerprint density at radius 2 is 1.95 bits per heavy atom. The zero-order valence-corrected chi connectivity index (χ0v) is 10.2. The Morgan fingerprint density at radius 3 is 2.50 bits per heavy atom. The molecule has 0 aliphatic carbocycles. The molecule has 1 N–H and O–H groups in total. The molecule has 0 saturated carbocycles. The molecule has 0 radical (unpaired) electrons. The van der Waals surface area contributed by atoms with Gasteiger partial charge in [0.1, 0.15) is 6.04 Å². The highest BCUT2D eigenvalue weighted by Gasteiger charge is 2.38. The van der Waals surface area contributed by atoms with Crippen LogP contribution in [0.4, 0.5) is 13.2 Å². The van der Waals surface area contributed by atoms with Crippen molar-refractivity contribution in [2.75, 3.05) is 0 Å². The molecule has 8 heteroatoms. The quantitative estimate of drug-likeness (QED) is 0.917. The number of hydrogen-bond donors (Lipinski definition) is 1. The zero-order valence-electron chi connectivity index (χ0n) is 10.2. The van der Waals surface area contributed by atoms with Crippen LogP contribution >= 0.6 is 0 Å². The fourth-order valence-electron chi connectivity index (χ4n) is 1.83. The Balaban J connectivity index is 2.92. The predicted octanol–water partition coefficient (Wildman–Crippen LogP) is 2.06. The smallest absolute Gasteiger partial charge is 0.438 e. The monoisotopic (exact) mass is 286 g/mol. The maximum Gasteiger partial charge on any atom is 0.438 e. The molecule has 0 aliphatic heterocycles. The van der Waals surface area contributed by atoms with Crippen LogP contribution in [0.3, 0.4) is 0 Å². The van der Waals surface area contributed by atoms with Gasteiger partial charge in [-0.2, -0.15) is 13.2 Å². The van der Waals surface area contributed by atoms with Crippen LogP contribution in [0.25, 0.3) is 11.0 Å². The number of rotatable bonds is 2. The molecule has 1 heterocycles. The maximum absolute atomic E-state index is 12.8. The van der Waals surface area contributed by atoms with Gasteiger partial charge in [0.05, 0.1) is 11.0 Å². The SMILES string of the molecule is CC(C(=O)O)n1c(=O)c(C(F)(F)F)nc2ccccc21. The second kappa shape index (κ2) is 4.62. The van der Waals surface area contributed by atoms with E-state index in [1.54, 1.807) is 0 Å². The fourth-order valence-corrected chi connectivity index (χ4v) is 1.83. The molecule has 20 heavy (non-hydrogen) atoms. The normalized spacial score (nSPS) is 13.4. The van der Waals surface area contributed by atoms with Gasteiger partial charge in [-0.1, -0.05) is 12.1 Å². The third-order valence-corrected chi connectivity index (χ3v) is 2.81. The number of aliphatic carboxylic acids is 1. The average molecular weight is 286 g/mol. The molecule has 0 saturated heterocycles. The van der Waals surface area contributed by atoms with Crippen molar-refractivity contribution in [1.82, 2.24) is 9.55 Å². The number of carboxylic acid groups (broad SMARTS) is 1. The van der Waals surface area contributed by atoms with E-state index in [9.17, 15) is 22.8 Å². The van der Waals surface area contributed by atoms with Crippen LogP contribution in [0.2, 0.25) is 0 Å². The van der Waals surface area contributed by atoms with Crippen LogP contribution in [0.5, 0.6) is 0 Å². The number of aromatic nitrogens is 2. The first-order valence-corrected chi connectivity index (χ1v) is 5.54. The van der Waals surface area contributed by atoms with E-state index in [1.165, 1.54) is 24.3 Å². The second-order valence-electron chi connectivity index (χ2n) is 4.14. The summed E-state index contributed by atoms with van der Waals surface area (Å²) in [5.41, 5.74) is -3.14. The minimum atomic E-state index is -4.94. The van der Waals surface area contributed by atoms with E-state index < -0.39 is 29.4 Å². The summed E-state index contributed by atoms with van der Waals surface area (Å²) < 4.78 is 39.0. The van der Waals surface area contributed by atoms with E-state index in [1.807, 2.05) is 0 Å². The molecule has 0 aliphatic rings. The average Bonchev–Trinajstić information content (AvgIpc) is 2.36. The summed E-state index contributed by atoms with van der Waals surface area (Å²) in [6.45, 7) is 1.14. The number of alkyl halides is 3. The van der Waals surface area contributed by atoms with Crippen LogP contribution in [0.15, 0.2) is 29.1 Å². The summed E-state index contributed by atoms with van der Waals surface area (Å²) in [5.74, 6) is -1.41. The molecule has 2 rings (SSSR count). The van der Waals surface area contributed by atoms with Crippen molar-refractivity contribution in [3.05, 3.63) is 40.3 Å². The van der Waals surface area contributed by atoms with Crippen LogP contribution in [0, 0.1) is 0 Å². The number of para-hydroxylation sites is 2. The van der Waals surface area contributed by atoms with E-state index in [0.29, 0.717) is 4.57 Å². The van der Waals surface area contributed by atoms with Gasteiger partial charge in [0, 0.05) is 0 Å². The highest BCUT2D eigenvalue weighted by molar-refractivity contribution is 5.79. The lowest BCUT2D eigenvalue weighted by Gasteiger charge is -2.16. The third kappa shape index (κ3) is 2.24. The Morgan fingerprint density at radius 1 is 1.35 bits per heavy atom. The molecule has 1 aromatic heterocycles. The minimum Gasteiger partial charge on any atom is -0.480 e. The van der Waals surface area contributed by atoms with Crippen LogP contribution < -0.4 is 5.56 Å². The number of hydrogen-bond acceptors (Lipinski definition) is 3. The molecule has 1 unspecified atom stereocenters. The van der Waals surface area contributed by atoms with Crippen molar-refractivity contribution >= 4 is 17.0 Å². The first kappa shape index (κ1) is 14.0. The van der Waals surface area contributed by atoms with Gasteiger partial charge in [0.25, 0.3) is 5.56 Å². The van der Waals surface area contributed by atoms with Gasteiger partial charge in [0.2, 0.25) is 5.69 Å². The number of fused-ring (bicyclic) bond motifs is 1. The number of carbonyl (C=O) groups is 1. The molecular formula is C12H9F3N2O3. The van der Waals surface area contributed by atoms with Gasteiger partial charge in [0.15, 0.2) is 0 Å². The van der Waals surface area contributed by atoms with Crippen molar-refractivity contribution in [3.8, 4) is 0 Å². The molecule has 0 spiro atoms. The highest BCUT2D eigenvalue weighted by atomic mass is 19.4. The molecule has 1 atom stereocenters. The molecule has 0 bridgehead atoms. The van der Waals surface area contributed by atoms with Crippen molar-refractivity contribution in [3.63, 3.8) is 0 Å². The van der Waals surface area contributed by atoms with E-state index in [2.05, 4.69) is 4.98 Å². The lowest BCUT2D eigenvalue weighted by molar-refractivity contribution is -0.144. The van der Waals surface area contributed by atoms with Gasteiger partial charge in [-0.25, -0.2) is 9.78 Å². The Bertz CT molecular complexity index is 737. The third-order valence-electron chi connectivity index (χ3n) is 2.81. The molecule has 5 nitrogen and oxygen atoms in total. The molecule has 2 aromatic rings. The predicted molar refractivity (Wildman–Crippen MR) is 63.4 cm³/mol. The Labute approximate surface area is 110 Å². The summed E-state index contributed by atoms with van der Waals surface area (Å²) in [5, 5.41) is 8.95. The van der Waals surface area contributed by atoms with Gasteiger partial charge in [-0.05, 0) is 19.1 Å². The molecule has 0 amide bonds. The summed E-state index contributed by atoms with van der Waals surface area (Å²) >= 11 is 0. The van der Waals surface area contributed by atoms with E-state index >= 15 is 0 Å². The summed E-state index contributed by atoms with van der Waals surface area (Å²) in [4.78, 5) is 26.2. The van der Waals surface area contributed by atoms with Crippen LogP contribution in [-0.4, -0.2) is 20.6 Å². The summed E-state index contributed by atoms with van der Waals surface area (Å²) in [7, 11) is 0. The van der Waals surface area contributed by atoms with Crippen molar-refractivity contribution in [2.45, 2.75) is 19.1 Å². The standard InChI is InChI=1S/C12H9F3N2O3/c1-6(11(19)20)17-8-5-3-2-4-7(8)16-9(10(17)18)12(13,14)15/h2-6H,1H3,(H,19,20). The van der Waals surface area contributed by atoms with Gasteiger partial charge < -0.3 is 5.11 Å². The Hall–Kier alpha value is -2.38. The van der Waals surface area contributed by atoms with E-state index in [0.717, 1.165) is 6.92 Å². The van der Waals surface area contributed by atoms with Gasteiger partial charge in [-0.3, -0.25) is 9.36 Å². The van der Waals surface area contributed by atoms with Crippen molar-refractivity contribution < 1.29 is 23.1 Å². The first-order chi connectivity index (χ1) is 9.23. The van der Waals surface area contributed by atoms with E-state index in [-0.39, 0.29) is 11.0 Å². The highest BCUT2D eigenvalue weighted by Crippen LogP contribution is 2.27. The van der Waals surface area contributed by atoms with Crippen molar-refractivity contribution in [2.24, 2.45) is 0 Å².